The number of esters is 3. The molecular weight excluding hydrogens is 308 g/mol. The average molecular weight is 340 g/mol. The van der Waals surface area contributed by atoms with Crippen LogP contribution in [-0.4, -0.2) is 60.7 Å². The molecule has 0 aliphatic carbocycles. The molecule has 0 fully saturated rings. The van der Waals surface area contributed by atoms with Crippen LogP contribution in [0.25, 0.3) is 0 Å². The Bertz CT molecular complexity index is 239. The SMILES string of the molecule is CC(O)CO.CCOC(C)=O.CCOC(C)=O.CCOC(C)=O. The molecule has 0 aromatic heterocycles. The van der Waals surface area contributed by atoms with Crippen molar-refractivity contribution < 1.29 is 38.8 Å². The van der Waals surface area contributed by atoms with Gasteiger partial charge in [0.05, 0.1) is 32.5 Å². The molecule has 0 rings (SSSR count). The Morgan fingerprint density at radius 1 is 0.783 bits per heavy atom. The Hall–Kier alpha value is -1.67. The first-order valence-electron chi connectivity index (χ1n) is 7.27. The van der Waals surface area contributed by atoms with E-state index in [1.165, 1.54) is 27.7 Å². The van der Waals surface area contributed by atoms with Crippen molar-refractivity contribution in [1.29, 1.82) is 0 Å². The molecule has 8 nitrogen and oxygen atoms in total. The predicted molar refractivity (Wildman–Crippen MR) is 85.7 cm³/mol. The van der Waals surface area contributed by atoms with Crippen LogP contribution < -0.4 is 0 Å². The Morgan fingerprint density at radius 2 is 0.957 bits per heavy atom. The van der Waals surface area contributed by atoms with Gasteiger partial charge in [-0.15, -0.1) is 0 Å². The fourth-order valence-electron chi connectivity index (χ4n) is 0.610. The van der Waals surface area contributed by atoms with Crippen molar-refractivity contribution in [1.82, 2.24) is 0 Å². The largest absolute Gasteiger partial charge is 0.466 e. The number of rotatable bonds is 4. The predicted octanol–water partition coefficient (Wildman–Crippen LogP) is 1.07. The number of carbonyl (C=O) groups excluding carboxylic acids is 3. The summed E-state index contributed by atoms with van der Waals surface area (Å²) in [5.41, 5.74) is 0. The van der Waals surface area contributed by atoms with Gasteiger partial charge in [0.1, 0.15) is 0 Å². The van der Waals surface area contributed by atoms with Gasteiger partial charge in [-0.05, 0) is 27.7 Å². The lowest BCUT2D eigenvalue weighted by molar-refractivity contribution is -0.141. The van der Waals surface area contributed by atoms with E-state index in [-0.39, 0.29) is 24.5 Å². The summed E-state index contributed by atoms with van der Waals surface area (Å²) in [6.07, 6.45) is -0.560. The molecule has 0 aliphatic rings. The third-order valence-electron chi connectivity index (χ3n) is 1.31. The minimum absolute atomic E-state index is 0.139. The van der Waals surface area contributed by atoms with Gasteiger partial charge in [0, 0.05) is 20.8 Å². The molecule has 0 aromatic carbocycles. The van der Waals surface area contributed by atoms with Crippen molar-refractivity contribution >= 4 is 17.9 Å². The highest BCUT2D eigenvalue weighted by Gasteiger charge is 1.83. The van der Waals surface area contributed by atoms with E-state index >= 15 is 0 Å². The van der Waals surface area contributed by atoms with Gasteiger partial charge in [-0.3, -0.25) is 14.4 Å². The molecule has 0 amide bonds. The van der Waals surface area contributed by atoms with E-state index in [1.54, 1.807) is 20.8 Å². The van der Waals surface area contributed by atoms with Crippen molar-refractivity contribution in [3.8, 4) is 0 Å². The van der Waals surface area contributed by atoms with Crippen LogP contribution in [0.2, 0.25) is 0 Å². The molecule has 23 heavy (non-hydrogen) atoms. The summed E-state index contributed by atoms with van der Waals surface area (Å²) in [5.74, 6) is -0.632. The van der Waals surface area contributed by atoms with Gasteiger partial charge in [-0.1, -0.05) is 0 Å². The number of hydrogen-bond donors (Lipinski definition) is 2. The first-order chi connectivity index (χ1) is 10.6. The van der Waals surface area contributed by atoms with E-state index in [2.05, 4.69) is 14.2 Å². The number of aliphatic hydroxyl groups is 2. The smallest absolute Gasteiger partial charge is 0.302 e. The first kappa shape index (κ1) is 29.4. The van der Waals surface area contributed by atoms with E-state index in [9.17, 15) is 14.4 Å². The molecule has 0 aromatic rings. The third-order valence-corrected chi connectivity index (χ3v) is 1.31. The van der Waals surface area contributed by atoms with E-state index in [0.29, 0.717) is 19.8 Å². The van der Waals surface area contributed by atoms with Crippen molar-refractivity contribution in [3.63, 3.8) is 0 Å². The maximum absolute atomic E-state index is 9.82. The zero-order chi connectivity index (χ0) is 19.3. The van der Waals surface area contributed by atoms with Crippen LogP contribution in [0.3, 0.4) is 0 Å². The lowest BCUT2D eigenvalue weighted by Crippen LogP contribution is -2.03. The minimum Gasteiger partial charge on any atom is -0.466 e. The average Bonchev–Trinajstić information content (AvgIpc) is 2.40. The molecular formula is C15H32O8. The lowest BCUT2D eigenvalue weighted by atomic mass is 10.5. The quantitative estimate of drug-likeness (QED) is 0.576. The standard InChI is InChI=1S/3C4H8O2.C3H8O2/c3*1-3-6-4(2)5;1-3(5)2-4/h3*3H2,1-2H3;3-5H,2H2,1H3. The summed E-state index contributed by atoms with van der Waals surface area (Å²) in [7, 11) is 0. The van der Waals surface area contributed by atoms with Crippen LogP contribution in [0.5, 0.6) is 0 Å². The van der Waals surface area contributed by atoms with E-state index in [1.807, 2.05) is 0 Å². The van der Waals surface area contributed by atoms with Crippen LogP contribution >= 0.6 is 0 Å². The summed E-state index contributed by atoms with van der Waals surface area (Å²) < 4.78 is 13.2. The Morgan fingerprint density at radius 3 is 0.957 bits per heavy atom. The topological polar surface area (TPSA) is 119 Å². The van der Waals surface area contributed by atoms with Crippen LogP contribution in [-0.2, 0) is 28.6 Å². The van der Waals surface area contributed by atoms with Crippen molar-refractivity contribution in [3.05, 3.63) is 0 Å². The third kappa shape index (κ3) is 78.5. The molecule has 0 saturated heterocycles. The first-order valence-corrected chi connectivity index (χ1v) is 7.27. The van der Waals surface area contributed by atoms with Gasteiger partial charge in [0.2, 0.25) is 0 Å². The summed E-state index contributed by atoms with van der Waals surface area (Å²) in [4.78, 5) is 29.5. The van der Waals surface area contributed by atoms with Gasteiger partial charge >= 0.3 is 17.9 Å². The van der Waals surface area contributed by atoms with Crippen LogP contribution in [0.4, 0.5) is 0 Å². The number of hydrogen-bond acceptors (Lipinski definition) is 8. The number of aliphatic hydroxyl groups excluding tert-OH is 2. The van der Waals surface area contributed by atoms with Crippen molar-refractivity contribution in [2.75, 3.05) is 26.4 Å². The maximum atomic E-state index is 9.82. The molecule has 0 saturated carbocycles. The molecule has 2 N–H and O–H groups in total. The van der Waals surface area contributed by atoms with Gasteiger partial charge in [0.15, 0.2) is 0 Å². The highest BCUT2D eigenvalue weighted by atomic mass is 16.5. The van der Waals surface area contributed by atoms with E-state index in [0.717, 1.165) is 0 Å². The fourth-order valence-corrected chi connectivity index (χ4v) is 0.610. The zero-order valence-corrected chi connectivity index (χ0v) is 15.2. The summed E-state index contributed by atoms with van der Waals surface area (Å²) >= 11 is 0. The second-order valence-electron chi connectivity index (χ2n) is 3.81. The maximum Gasteiger partial charge on any atom is 0.302 e. The van der Waals surface area contributed by atoms with E-state index < -0.39 is 6.10 Å². The van der Waals surface area contributed by atoms with Crippen molar-refractivity contribution in [2.24, 2.45) is 0 Å². The highest BCUT2D eigenvalue weighted by molar-refractivity contribution is 5.66. The number of carbonyl (C=O) groups is 3. The summed E-state index contributed by atoms with van der Waals surface area (Å²) in [6, 6.07) is 0. The van der Waals surface area contributed by atoms with Gasteiger partial charge < -0.3 is 24.4 Å². The lowest BCUT2D eigenvalue weighted by Gasteiger charge is -1.90. The minimum atomic E-state index is -0.560. The molecule has 1 unspecified atom stereocenters. The van der Waals surface area contributed by atoms with Crippen LogP contribution in [0.15, 0.2) is 0 Å². The fraction of sp³-hybridized carbons (Fsp3) is 0.800. The zero-order valence-electron chi connectivity index (χ0n) is 15.2. The second-order valence-corrected chi connectivity index (χ2v) is 3.81. The Kier molecular flexibility index (Phi) is 32.3. The molecule has 8 heteroatoms. The molecule has 1 atom stereocenters. The van der Waals surface area contributed by atoms with Crippen LogP contribution in [0, 0.1) is 0 Å². The molecule has 140 valence electrons. The Balaban J connectivity index is -0.000000105. The van der Waals surface area contributed by atoms with Gasteiger partial charge in [-0.2, -0.15) is 0 Å². The van der Waals surface area contributed by atoms with E-state index in [4.69, 9.17) is 10.2 Å². The Labute approximate surface area is 138 Å². The molecule has 0 spiro atoms. The molecule has 0 radical (unpaired) electrons. The van der Waals surface area contributed by atoms with Gasteiger partial charge in [-0.25, -0.2) is 0 Å². The summed E-state index contributed by atoms with van der Waals surface area (Å²) in [6.45, 7) is 12.3. The molecule has 0 bridgehead atoms. The van der Waals surface area contributed by atoms with Crippen molar-refractivity contribution in [2.45, 2.75) is 54.6 Å². The number of ether oxygens (including phenoxy) is 3. The molecule has 0 aliphatic heterocycles. The monoisotopic (exact) mass is 340 g/mol. The van der Waals surface area contributed by atoms with Gasteiger partial charge in [0.25, 0.3) is 0 Å². The second kappa shape index (κ2) is 25.3. The highest BCUT2D eigenvalue weighted by Crippen LogP contribution is 1.71. The molecule has 0 heterocycles. The summed E-state index contributed by atoms with van der Waals surface area (Å²) in [5, 5.41) is 16.0. The normalized spacial score (nSPS) is 9.26. The van der Waals surface area contributed by atoms with Crippen LogP contribution in [0.1, 0.15) is 48.5 Å².